The molecule has 0 radical (unpaired) electrons. The molecular weight excluding hydrogens is 346 g/mol. The Kier molecular flexibility index (Phi) is 5.57. The molecule has 1 aliphatic heterocycles. The second-order valence-electron chi connectivity index (χ2n) is 10.5. The summed E-state index contributed by atoms with van der Waals surface area (Å²) in [6.45, 7) is 8.21. The van der Waals surface area contributed by atoms with Gasteiger partial charge < -0.3 is 4.74 Å². The number of carbonyl (C=O) groups excluding carboxylic acids is 1. The molecule has 0 amide bonds. The number of hydrogen-bond acceptors (Lipinski definition) is 3. The molecule has 1 aromatic carbocycles. The maximum absolute atomic E-state index is 12.4. The third-order valence-corrected chi connectivity index (χ3v) is 7.25. The highest BCUT2D eigenvalue weighted by Crippen LogP contribution is 2.52. The topological polar surface area (TPSA) is 29.5 Å². The van der Waals surface area contributed by atoms with Crippen LogP contribution in [0.15, 0.2) is 30.3 Å². The van der Waals surface area contributed by atoms with Gasteiger partial charge in [-0.2, -0.15) is 0 Å². The number of hydrogen-bond donors (Lipinski definition) is 0. The molecule has 154 valence electrons. The molecule has 0 aromatic heterocycles. The Labute approximate surface area is 170 Å². The molecule has 1 aromatic rings. The summed E-state index contributed by atoms with van der Waals surface area (Å²) in [6.07, 6.45) is 9.53. The predicted molar refractivity (Wildman–Crippen MR) is 113 cm³/mol. The lowest BCUT2D eigenvalue weighted by molar-refractivity contribution is -0.161. The zero-order valence-electron chi connectivity index (χ0n) is 18.0. The van der Waals surface area contributed by atoms with Crippen LogP contribution in [0.25, 0.3) is 0 Å². The first-order chi connectivity index (χ1) is 13.3. The van der Waals surface area contributed by atoms with E-state index in [4.69, 9.17) is 4.74 Å². The molecule has 1 unspecified atom stereocenters. The third kappa shape index (κ3) is 4.62. The Balaban J connectivity index is 1.25. The molecule has 2 aliphatic carbocycles. The van der Waals surface area contributed by atoms with Crippen LogP contribution >= 0.6 is 0 Å². The molecule has 2 atom stereocenters. The van der Waals surface area contributed by atoms with E-state index >= 15 is 0 Å². The van der Waals surface area contributed by atoms with Crippen LogP contribution < -0.4 is 0 Å². The Morgan fingerprint density at radius 2 is 1.82 bits per heavy atom. The molecule has 3 nitrogen and oxygen atoms in total. The molecular formula is C25H37NO2. The van der Waals surface area contributed by atoms with Crippen LogP contribution in [-0.4, -0.2) is 35.1 Å². The zero-order chi connectivity index (χ0) is 19.8. The van der Waals surface area contributed by atoms with Crippen LogP contribution in [0.5, 0.6) is 0 Å². The summed E-state index contributed by atoms with van der Waals surface area (Å²) in [5.74, 6) is 2.56. The van der Waals surface area contributed by atoms with E-state index in [1.54, 1.807) is 0 Å². The average Bonchev–Trinajstić information content (AvgIpc) is 3.37. The Morgan fingerprint density at radius 1 is 1.14 bits per heavy atom. The minimum Gasteiger partial charge on any atom is -0.460 e. The van der Waals surface area contributed by atoms with Gasteiger partial charge in [0.2, 0.25) is 0 Å². The van der Waals surface area contributed by atoms with Gasteiger partial charge >= 0.3 is 5.97 Å². The van der Waals surface area contributed by atoms with Crippen molar-refractivity contribution in [2.75, 3.05) is 13.1 Å². The van der Waals surface area contributed by atoms with Crippen molar-refractivity contribution in [3.8, 4) is 0 Å². The minimum absolute atomic E-state index is 0.0157. The number of esters is 1. The normalized spacial score (nSPS) is 27.8. The fourth-order valence-electron chi connectivity index (χ4n) is 5.52. The predicted octanol–water partition coefficient (Wildman–Crippen LogP) is 5.55. The highest BCUT2D eigenvalue weighted by molar-refractivity contribution is 5.71. The van der Waals surface area contributed by atoms with Gasteiger partial charge in [0.25, 0.3) is 0 Å². The van der Waals surface area contributed by atoms with Crippen LogP contribution in [0, 0.1) is 11.8 Å². The number of likely N-dealkylation sites (tertiary alicyclic amines) is 1. The van der Waals surface area contributed by atoms with E-state index in [9.17, 15) is 4.79 Å². The van der Waals surface area contributed by atoms with Gasteiger partial charge in [-0.3, -0.25) is 9.69 Å². The number of benzene rings is 1. The van der Waals surface area contributed by atoms with Gasteiger partial charge in [0.15, 0.2) is 0 Å². The summed E-state index contributed by atoms with van der Waals surface area (Å²) < 4.78 is 5.63. The quantitative estimate of drug-likeness (QED) is 0.604. The molecule has 4 rings (SSSR count). The number of piperidine rings is 1. The van der Waals surface area contributed by atoms with Crippen molar-refractivity contribution in [2.45, 2.75) is 89.2 Å². The molecule has 1 saturated heterocycles. The summed E-state index contributed by atoms with van der Waals surface area (Å²) in [5, 5.41) is 0. The summed E-state index contributed by atoms with van der Waals surface area (Å²) in [5.41, 5.74) is 1.25. The lowest BCUT2D eigenvalue weighted by Gasteiger charge is -2.52. The lowest BCUT2D eigenvalue weighted by Crippen LogP contribution is -2.57. The van der Waals surface area contributed by atoms with Crippen molar-refractivity contribution in [1.82, 2.24) is 4.90 Å². The van der Waals surface area contributed by atoms with Crippen LogP contribution in [0.1, 0.15) is 83.6 Å². The van der Waals surface area contributed by atoms with Gasteiger partial charge in [0, 0.05) is 5.54 Å². The monoisotopic (exact) mass is 383 g/mol. The Morgan fingerprint density at radius 3 is 2.39 bits per heavy atom. The van der Waals surface area contributed by atoms with E-state index in [1.807, 2.05) is 20.8 Å². The van der Waals surface area contributed by atoms with Crippen molar-refractivity contribution in [1.29, 1.82) is 0 Å². The van der Waals surface area contributed by atoms with Gasteiger partial charge in [0.05, 0.1) is 6.42 Å². The number of ether oxygens (including phenoxy) is 1. The second kappa shape index (κ2) is 7.82. The minimum atomic E-state index is -0.380. The second-order valence-corrected chi connectivity index (χ2v) is 10.5. The standard InChI is InChI=1S/C25H37NO2/c1-24(2,3)28-23(27)18-25(12-7-13-25)26-14-10-19(11-15-26)16-21-17-22(21)20-8-5-4-6-9-20/h4-6,8-9,19,21-22H,7,10-18H2,1-3H3/t21-,22?/m1/s1. The van der Waals surface area contributed by atoms with Gasteiger partial charge in [-0.1, -0.05) is 30.3 Å². The van der Waals surface area contributed by atoms with Gasteiger partial charge in [-0.15, -0.1) is 0 Å². The molecule has 3 heteroatoms. The van der Waals surface area contributed by atoms with Crippen molar-refractivity contribution in [3.05, 3.63) is 35.9 Å². The van der Waals surface area contributed by atoms with Crippen molar-refractivity contribution in [3.63, 3.8) is 0 Å². The third-order valence-electron chi connectivity index (χ3n) is 7.25. The summed E-state index contributed by atoms with van der Waals surface area (Å²) in [7, 11) is 0. The maximum Gasteiger partial charge on any atom is 0.308 e. The lowest BCUT2D eigenvalue weighted by atomic mass is 9.71. The largest absolute Gasteiger partial charge is 0.460 e. The Bertz CT molecular complexity index is 666. The van der Waals surface area contributed by atoms with E-state index in [-0.39, 0.29) is 17.1 Å². The SMILES string of the molecule is CC(C)(C)OC(=O)CC1(N2CCC(C[C@@H]3CC3c3ccccc3)CC2)CCC1. The first kappa shape index (κ1) is 19.9. The fraction of sp³-hybridized carbons (Fsp3) is 0.720. The Hall–Kier alpha value is -1.35. The molecule has 0 bridgehead atoms. The van der Waals surface area contributed by atoms with Crippen molar-refractivity contribution in [2.24, 2.45) is 11.8 Å². The van der Waals surface area contributed by atoms with E-state index in [1.165, 1.54) is 37.7 Å². The van der Waals surface area contributed by atoms with Gasteiger partial charge in [-0.25, -0.2) is 0 Å². The van der Waals surface area contributed by atoms with E-state index in [0.717, 1.165) is 43.7 Å². The van der Waals surface area contributed by atoms with Gasteiger partial charge in [-0.05, 0) is 102 Å². The van der Waals surface area contributed by atoms with Crippen LogP contribution in [-0.2, 0) is 9.53 Å². The first-order valence-corrected chi connectivity index (χ1v) is 11.4. The van der Waals surface area contributed by atoms with Crippen LogP contribution in [0.2, 0.25) is 0 Å². The number of rotatable bonds is 6. The van der Waals surface area contributed by atoms with Crippen molar-refractivity contribution >= 4 is 5.97 Å². The average molecular weight is 384 g/mol. The number of nitrogens with zero attached hydrogens (tertiary/aromatic N) is 1. The van der Waals surface area contributed by atoms with E-state index in [2.05, 4.69) is 35.2 Å². The number of carbonyl (C=O) groups is 1. The smallest absolute Gasteiger partial charge is 0.308 e. The van der Waals surface area contributed by atoms with E-state index in [0.29, 0.717) is 6.42 Å². The van der Waals surface area contributed by atoms with E-state index < -0.39 is 0 Å². The van der Waals surface area contributed by atoms with Crippen molar-refractivity contribution < 1.29 is 9.53 Å². The molecule has 3 fully saturated rings. The molecule has 3 aliphatic rings. The molecule has 0 spiro atoms. The summed E-state index contributed by atoms with van der Waals surface area (Å²) in [4.78, 5) is 15.1. The summed E-state index contributed by atoms with van der Waals surface area (Å²) >= 11 is 0. The maximum atomic E-state index is 12.4. The molecule has 28 heavy (non-hydrogen) atoms. The first-order valence-electron chi connectivity index (χ1n) is 11.4. The molecule has 0 N–H and O–H groups in total. The molecule has 1 heterocycles. The van der Waals surface area contributed by atoms with Gasteiger partial charge in [0.1, 0.15) is 5.60 Å². The highest BCUT2D eigenvalue weighted by atomic mass is 16.6. The summed E-state index contributed by atoms with van der Waals surface area (Å²) in [6, 6.07) is 11.1. The van der Waals surface area contributed by atoms with Crippen LogP contribution in [0.4, 0.5) is 0 Å². The highest BCUT2D eigenvalue weighted by Gasteiger charge is 2.46. The van der Waals surface area contributed by atoms with Crippen LogP contribution in [0.3, 0.4) is 0 Å². The zero-order valence-corrected chi connectivity index (χ0v) is 18.0. The molecule has 2 saturated carbocycles. The fourth-order valence-corrected chi connectivity index (χ4v) is 5.52.